The average Bonchev–Trinajstić information content (AvgIpc) is 3.19. The normalized spacial score (nSPS) is 15.4. The summed E-state index contributed by atoms with van der Waals surface area (Å²) >= 11 is 0. The topological polar surface area (TPSA) is 103 Å². The van der Waals surface area contributed by atoms with Crippen molar-refractivity contribution in [2.24, 2.45) is 5.92 Å². The minimum Gasteiger partial charge on any atom is -0.460 e. The second-order valence-electron chi connectivity index (χ2n) is 8.86. The lowest BCUT2D eigenvalue weighted by Gasteiger charge is -2.33. The maximum atomic E-state index is 12.6. The summed E-state index contributed by atoms with van der Waals surface area (Å²) in [6, 6.07) is 9.51. The van der Waals surface area contributed by atoms with Crippen molar-refractivity contribution in [3.63, 3.8) is 0 Å². The van der Waals surface area contributed by atoms with Gasteiger partial charge < -0.3 is 18.8 Å². The first kappa shape index (κ1) is 23.8. The van der Waals surface area contributed by atoms with Crippen molar-refractivity contribution in [1.82, 2.24) is 4.90 Å². The van der Waals surface area contributed by atoms with Crippen LogP contribution in [0.1, 0.15) is 49.7 Å². The fraction of sp³-hybridized carbons (Fsp3) is 0.478. The summed E-state index contributed by atoms with van der Waals surface area (Å²) in [5, 5.41) is 0. The zero-order chi connectivity index (χ0) is 23.4. The van der Waals surface area contributed by atoms with E-state index in [0.717, 1.165) is 0 Å². The minimum atomic E-state index is -3.62. The van der Waals surface area contributed by atoms with Crippen molar-refractivity contribution >= 4 is 21.9 Å². The fourth-order valence-corrected chi connectivity index (χ4v) is 4.79. The molecule has 1 aromatic carbocycles. The summed E-state index contributed by atoms with van der Waals surface area (Å²) in [4.78, 5) is 26.5. The Bertz CT molecular complexity index is 1030. The largest absolute Gasteiger partial charge is 0.460 e. The third-order valence-corrected chi connectivity index (χ3v) is 6.78. The van der Waals surface area contributed by atoms with Gasteiger partial charge in [-0.15, -0.1) is 0 Å². The summed E-state index contributed by atoms with van der Waals surface area (Å²) < 4.78 is 41.3. The van der Waals surface area contributed by atoms with Crippen molar-refractivity contribution < 1.29 is 31.9 Å². The molecule has 1 aliphatic rings. The number of amides is 1. The van der Waals surface area contributed by atoms with Gasteiger partial charge in [0.2, 0.25) is 5.76 Å². The van der Waals surface area contributed by atoms with Crippen LogP contribution in [0.15, 0.2) is 52.0 Å². The summed E-state index contributed by atoms with van der Waals surface area (Å²) in [5.41, 5.74) is -0.281. The van der Waals surface area contributed by atoms with Gasteiger partial charge >= 0.3 is 12.1 Å². The van der Waals surface area contributed by atoms with Crippen molar-refractivity contribution in [2.45, 2.75) is 49.9 Å². The van der Waals surface area contributed by atoms with Crippen LogP contribution in [0.4, 0.5) is 4.79 Å². The van der Waals surface area contributed by atoms with E-state index in [1.807, 2.05) is 20.8 Å². The zero-order valence-corrected chi connectivity index (χ0v) is 19.4. The number of hydrogen-bond acceptors (Lipinski definition) is 7. The molecule has 2 aromatic rings. The lowest BCUT2D eigenvalue weighted by atomic mass is 9.98. The van der Waals surface area contributed by atoms with Gasteiger partial charge in [0.05, 0.1) is 23.5 Å². The Labute approximate surface area is 188 Å². The highest BCUT2D eigenvalue weighted by Crippen LogP contribution is 2.23. The number of nitrogens with zero attached hydrogens (tertiary/aromatic N) is 1. The van der Waals surface area contributed by atoms with Crippen LogP contribution in [0.5, 0.6) is 0 Å². The van der Waals surface area contributed by atoms with Crippen molar-refractivity contribution in [3.05, 3.63) is 54.0 Å². The molecule has 0 atom stereocenters. The summed E-state index contributed by atoms with van der Waals surface area (Å²) in [6.45, 7) is 6.70. The molecule has 32 heavy (non-hydrogen) atoms. The number of carbonyl (C=O) groups excluding carboxylic acids is 2. The van der Waals surface area contributed by atoms with Crippen LogP contribution >= 0.6 is 0 Å². The Morgan fingerprint density at radius 3 is 2.38 bits per heavy atom. The van der Waals surface area contributed by atoms with Gasteiger partial charge in [-0.25, -0.2) is 18.0 Å². The maximum absolute atomic E-state index is 12.6. The number of benzene rings is 1. The molecular weight excluding hydrogens is 434 g/mol. The van der Waals surface area contributed by atoms with E-state index < -0.39 is 21.4 Å². The second kappa shape index (κ2) is 9.77. The molecule has 2 heterocycles. The predicted octanol–water partition coefficient (Wildman–Crippen LogP) is 4.06. The summed E-state index contributed by atoms with van der Waals surface area (Å²) in [6.07, 6.45) is 2.30. The van der Waals surface area contributed by atoms with Crippen molar-refractivity contribution in [3.8, 4) is 0 Å². The number of carbonyl (C=O) groups is 2. The van der Waals surface area contributed by atoms with E-state index in [1.54, 1.807) is 23.1 Å². The number of likely N-dealkylation sites (tertiary alicyclic amines) is 1. The molecule has 1 amide bonds. The van der Waals surface area contributed by atoms with E-state index >= 15 is 0 Å². The van der Waals surface area contributed by atoms with Gasteiger partial charge in [-0.05, 0) is 57.7 Å². The predicted molar refractivity (Wildman–Crippen MR) is 117 cm³/mol. The molecule has 0 saturated carbocycles. The molecule has 0 radical (unpaired) electrons. The number of sulfone groups is 1. The van der Waals surface area contributed by atoms with Crippen LogP contribution in [0.2, 0.25) is 0 Å². The molecule has 174 valence electrons. The Balaban J connectivity index is 1.52. The summed E-state index contributed by atoms with van der Waals surface area (Å²) in [5.74, 6) is -1.05. The molecule has 1 aliphatic heterocycles. The smallest absolute Gasteiger partial charge is 0.410 e. The number of esters is 1. The van der Waals surface area contributed by atoms with Gasteiger partial charge in [0.1, 0.15) is 5.60 Å². The first-order valence-corrected chi connectivity index (χ1v) is 12.2. The summed E-state index contributed by atoms with van der Waals surface area (Å²) in [7, 11) is -3.62. The first-order chi connectivity index (χ1) is 15.0. The molecule has 0 N–H and O–H groups in total. The highest BCUT2D eigenvalue weighted by Gasteiger charge is 2.28. The van der Waals surface area contributed by atoms with Gasteiger partial charge in [-0.2, -0.15) is 0 Å². The molecule has 0 unspecified atom stereocenters. The van der Waals surface area contributed by atoms with Crippen LogP contribution in [0, 0.1) is 5.92 Å². The third-order valence-electron chi connectivity index (χ3n) is 5.10. The van der Waals surface area contributed by atoms with Gasteiger partial charge in [-0.1, -0.05) is 18.2 Å². The van der Waals surface area contributed by atoms with Crippen LogP contribution in [0.3, 0.4) is 0 Å². The molecule has 0 aliphatic carbocycles. The molecule has 3 rings (SSSR count). The highest BCUT2D eigenvalue weighted by molar-refractivity contribution is 7.90. The molecule has 1 saturated heterocycles. The SMILES string of the molecule is CC(C)(C)OC(=O)N1CCC(COC(=O)c2occc2CS(=O)(=O)c2ccccc2)CC1. The molecule has 8 nitrogen and oxygen atoms in total. The zero-order valence-electron chi connectivity index (χ0n) is 18.6. The van der Waals surface area contributed by atoms with Crippen LogP contribution in [0.25, 0.3) is 0 Å². The molecule has 0 bridgehead atoms. The first-order valence-electron chi connectivity index (χ1n) is 10.5. The monoisotopic (exact) mass is 463 g/mol. The Morgan fingerprint density at radius 1 is 1.09 bits per heavy atom. The molecule has 9 heteroatoms. The standard InChI is InChI=1S/C23H29NO7S/c1-23(2,3)31-22(26)24-12-9-17(10-13-24)15-30-21(25)20-18(11-14-29-20)16-32(27,28)19-7-5-4-6-8-19/h4-8,11,14,17H,9-10,12-13,15-16H2,1-3H3. The van der Waals surface area contributed by atoms with E-state index in [9.17, 15) is 18.0 Å². The lowest BCUT2D eigenvalue weighted by molar-refractivity contribution is 0.0109. The van der Waals surface area contributed by atoms with E-state index in [2.05, 4.69) is 0 Å². The Hall–Kier alpha value is -2.81. The fourth-order valence-electron chi connectivity index (χ4n) is 3.41. The highest BCUT2D eigenvalue weighted by atomic mass is 32.2. The lowest BCUT2D eigenvalue weighted by Crippen LogP contribution is -2.42. The maximum Gasteiger partial charge on any atom is 0.410 e. The minimum absolute atomic E-state index is 0.101. The van der Waals surface area contributed by atoms with E-state index in [4.69, 9.17) is 13.9 Å². The van der Waals surface area contributed by atoms with Gasteiger partial charge in [0.15, 0.2) is 9.84 Å². The second-order valence-corrected chi connectivity index (χ2v) is 10.8. The molecular formula is C23H29NO7S. The number of piperidine rings is 1. The molecule has 0 spiro atoms. The third kappa shape index (κ3) is 6.35. The number of furan rings is 1. The van der Waals surface area contributed by atoms with Gasteiger partial charge in [0.25, 0.3) is 0 Å². The van der Waals surface area contributed by atoms with E-state index in [0.29, 0.717) is 25.9 Å². The van der Waals surface area contributed by atoms with Crippen LogP contribution < -0.4 is 0 Å². The van der Waals surface area contributed by atoms with Crippen molar-refractivity contribution in [2.75, 3.05) is 19.7 Å². The van der Waals surface area contributed by atoms with Gasteiger partial charge in [0, 0.05) is 18.7 Å². The van der Waals surface area contributed by atoms with Crippen LogP contribution in [-0.2, 0) is 25.1 Å². The number of hydrogen-bond donors (Lipinski definition) is 0. The van der Waals surface area contributed by atoms with E-state index in [1.165, 1.54) is 24.5 Å². The van der Waals surface area contributed by atoms with Crippen LogP contribution in [-0.4, -0.2) is 50.7 Å². The molecule has 1 aromatic heterocycles. The molecule has 1 fully saturated rings. The van der Waals surface area contributed by atoms with Crippen molar-refractivity contribution in [1.29, 1.82) is 0 Å². The number of rotatable bonds is 6. The van der Waals surface area contributed by atoms with E-state index in [-0.39, 0.29) is 40.6 Å². The Morgan fingerprint density at radius 2 is 1.75 bits per heavy atom. The van der Waals surface area contributed by atoms with Gasteiger partial charge in [-0.3, -0.25) is 0 Å². The average molecular weight is 464 g/mol. The number of ether oxygens (including phenoxy) is 2. The quantitative estimate of drug-likeness (QED) is 0.595. The Kier molecular flexibility index (Phi) is 7.28.